The van der Waals surface area contributed by atoms with E-state index in [1.165, 1.54) is 27.8 Å². The number of rotatable bonds is 0. The molecule has 3 aromatic carbocycles. The summed E-state index contributed by atoms with van der Waals surface area (Å²) in [5.74, 6) is 0.980. The SMILES string of the molecule is BrC1C=C2C=c3[c-]cccc3=C2O1.[S]=[Zr+2].[c-]1cccc2c1Cc1ccccc1-2. The molecular weight excluding hydrogens is 507 g/mol. The minimum Gasteiger partial charge on any atom is -0.179 e. The topological polar surface area (TPSA) is 9.23 Å². The molecule has 0 N–H and O–H groups in total. The Hall–Kier alpha value is -1.48. The third kappa shape index (κ3) is 3.83. The Labute approximate surface area is 191 Å². The molecule has 0 fully saturated rings. The van der Waals surface area contributed by atoms with Crippen LogP contribution < -0.4 is 10.4 Å². The van der Waals surface area contributed by atoms with E-state index >= 15 is 0 Å². The second-order valence-electron chi connectivity index (χ2n) is 6.46. The number of hydrogen-bond acceptors (Lipinski definition) is 2. The quantitative estimate of drug-likeness (QED) is 0.243. The normalized spacial score (nSPS) is 16.6. The molecule has 1 unspecified atom stereocenters. The van der Waals surface area contributed by atoms with Gasteiger partial charge >= 0.3 is 31.5 Å². The van der Waals surface area contributed by atoms with Crippen LogP contribution in [0.25, 0.3) is 23.0 Å². The number of ether oxygens (including phenoxy) is 1. The van der Waals surface area contributed by atoms with Gasteiger partial charge in [0.15, 0.2) is 5.01 Å². The summed E-state index contributed by atoms with van der Waals surface area (Å²) >= 11 is 4.53. The summed E-state index contributed by atoms with van der Waals surface area (Å²) in [7, 11) is 4.17. The van der Waals surface area contributed by atoms with Crippen molar-refractivity contribution in [1.29, 1.82) is 0 Å². The first-order valence-corrected chi connectivity index (χ1v) is 13.2. The molecule has 1 nitrogen and oxygen atoms in total. The van der Waals surface area contributed by atoms with Crippen LogP contribution in [0.1, 0.15) is 11.1 Å². The van der Waals surface area contributed by atoms with Gasteiger partial charge in [-0.1, -0.05) is 40.6 Å². The van der Waals surface area contributed by atoms with Crippen molar-refractivity contribution in [2.45, 2.75) is 11.4 Å². The monoisotopic (exact) mass is 520 g/mol. The largest absolute Gasteiger partial charge is 0.179 e. The van der Waals surface area contributed by atoms with E-state index < -0.39 is 0 Å². The second kappa shape index (κ2) is 8.90. The van der Waals surface area contributed by atoms with Crippen LogP contribution in [0.15, 0.2) is 72.3 Å². The second-order valence-corrected chi connectivity index (χ2v) is 7.36. The molecule has 6 rings (SSSR count). The maximum atomic E-state index is 5.60. The van der Waals surface area contributed by atoms with Crippen molar-refractivity contribution in [3.05, 3.63) is 106 Å². The van der Waals surface area contributed by atoms with Crippen LogP contribution in [-0.2, 0) is 33.8 Å². The molecule has 4 heteroatoms. The summed E-state index contributed by atoms with van der Waals surface area (Å²) in [6.07, 6.45) is 5.21. The summed E-state index contributed by atoms with van der Waals surface area (Å²) in [6.45, 7) is 0. The number of fused-ring (bicyclic) bond motifs is 5. The fourth-order valence-corrected chi connectivity index (χ4v) is 4.16. The first kappa shape index (κ1) is 19.8. The third-order valence-corrected chi connectivity index (χ3v) is 5.30. The van der Waals surface area contributed by atoms with Crippen LogP contribution in [0.3, 0.4) is 0 Å². The number of benzene rings is 3. The Kier molecular flexibility index (Phi) is 6.30. The van der Waals surface area contributed by atoms with Gasteiger partial charge in [-0.2, -0.15) is 29.8 Å². The molecule has 1 aliphatic heterocycles. The van der Waals surface area contributed by atoms with Crippen LogP contribution in [0.4, 0.5) is 0 Å². The molecule has 1 atom stereocenters. The number of alkyl halides is 1. The Morgan fingerprint density at radius 2 is 1.71 bits per heavy atom. The zero-order chi connectivity index (χ0) is 19.5. The van der Waals surface area contributed by atoms with Gasteiger partial charge in [0.25, 0.3) is 0 Å². The number of halogens is 1. The Balaban J connectivity index is 0.000000126. The van der Waals surface area contributed by atoms with Gasteiger partial charge in [-0.05, 0) is 34.0 Å². The predicted molar refractivity (Wildman–Crippen MR) is 115 cm³/mol. The standard InChI is InChI=1S/C13H9.C11H6BrO.S.Zr/c1-3-7-12-10(5-1)9-11-6-2-4-8-13(11)12;12-10-6-8-5-7-3-1-2-4-9(7)11(8)13-10;;/h1-5,7-8H,9H2;1-2,4-6,10H;;/q2*-1;;+2. The fourth-order valence-electron chi connectivity index (χ4n) is 3.68. The van der Waals surface area contributed by atoms with E-state index in [4.69, 9.17) is 4.74 Å². The predicted octanol–water partition coefficient (Wildman–Crippen LogP) is 4.77. The van der Waals surface area contributed by atoms with E-state index in [2.05, 4.69) is 91.5 Å². The molecule has 0 saturated carbocycles. The average molecular weight is 523 g/mol. The molecule has 1 heterocycles. The summed E-state index contributed by atoms with van der Waals surface area (Å²) in [5, 5.41) is 2.31. The van der Waals surface area contributed by atoms with Crippen molar-refractivity contribution >= 4 is 36.6 Å². The van der Waals surface area contributed by atoms with E-state index in [0.717, 1.165) is 45.3 Å². The molecule has 0 aromatic heterocycles. The Bertz CT molecular complexity index is 1140. The number of hydrogen-bond donors (Lipinski definition) is 0. The van der Waals surface area contributed by atoms with Gasteiger partial charge in [0.1, 0.15) is 0 Å². The molecule has 0 saturated heterocycles. The minimum atomic E-state index is 0.0297. The van der Waals surface area contributed by atoms with Gasteiger partial charge in [0, 0.05) is 0 Å². The van der Waals surface area contributed by atoms with Crippen molar-refractivity contribution in [3.8, 4) is 11.1 Å². The van der Waals surface area contributed by atoms with E-state index in [-0.39, 0.29) is 5.01 Å². The van der Waals surface area contributed by atoms with Gasteiger partial charge in [0.2, 0.25) is 0 Å². The smallest absolute Gasteiger partial charge is 0.0253 e. The van der Waals surface area contributed by atoms with Gasteiger partial charge in [-0.25, -0.2) is 0 Å². The summed E-state index contributed by atoms with van der Waals surface area (Å²) < 4.78 is 5.60. The van der Waals surface area contributed by atoms with Crippen LogP contribution in [0.5, 0.6) is 0 Å². The molecule has 2 aliphatic carbocycles. The van der Waals surface area contributed by atoms with Crippen molar-refractivity contribution in [2.75, 3.05) is 0 Å². The molecule has 3 aromatic rings. The molecule has 0 radical (unpaired) electrons. The third-order valence-electron chi connectivity index (χ3n) is 4.85. The zero-order valence-corrected chi connectivity index (χ0v) is 19.8. The van der Waals surface area contributed by atoms with Gasteiger partial charge < -0.3 is 4.74 Å². The van der Waals surface area contributed by atoms with Crippen molar-refractivity contribution in [3.63, 3.8) is 0 Å². The Morgan fingerprint density at radius 3 is 2.61 bits per heavy atom. The van der Waals surface area contributed by atoms with Crippen LogP contribution in [0, 0.1) is 12.1 Å². The molecule has 3 aliphatic rings. The molecule has 0 bridgehead atoms. The molecule has 0 amide bonds. The maximum Gasteiger partial charge on any atom is -0.0253 e. The summed E-state index contributed by atoms with van der Waals surface area (Å²) in [5.41, 5.74) is 6.68. The van der Waals surface area contributed by atoms with Crippen LogP contribution in [0.2, 0.25) is 0 Å². The molecule has 28 heavy (non-hydrogen) atoms. The Morgan fingerprint density at radius 1 is 0.964 bits per heavy atom. The molecular formula is C24H15BrOSZr. The van der Waals surface area contributed by atoms with E-state index in [1.54, 1.807) is 0 Å². The van der Waals surface area contributed by atoms with Crippen molar-refractivity contribution in [2.24, 2.45) is 0 Å². The van der Waals surface area contributed by atoms with E-state index in [9.17, 15) is 0 Å². The van der Waals surface area contributed by atoms with Crippen molar-refractivity contribution < 1.29 is 27.4 Å². The zero-order valence-electron chi connectivity index (χ0n) is 14.9. The summed E-state index contributed by atoms with van der Waals surface area (Å²) in [6, 6.07) is 27.2. The van der Waals surface area contributed by atoms with Crippen molar-refractivity contribution in [1.82, 2.24) is 0 Å². The first-order valence-electron chi connectivity index (χ1n) is 8.83. The summed E-state index contributed by atoms with van der Waals surface area (Å²) in [4.78, 5) is 0. The van der Waals surface area contributed by atoms with Gasteiger partial charge in [-0.3, -0.25) is 0 Å². The average Bonchev–Trinajstić information content (AvgIpc) is 3.40. The molecule has 134 valence electrons. The van der Waals surface area contributed by atoms with Gasteiger partial charge in [-0.15, -0.1) is 41.1 Å². The fraction of sp³-hybridized carbons (Fsp3) is 0.0833. The maximum absolute atomic E-state index is 5.60. The van der Waals surface area contributed by atoms with E-state index in [0.29, 0.717) is 0 Å². The van der Waals surface area contributed by atoms with Crippen LogP contribution in [-0.4, -0.2) is 5.01 Å². The van der Waals surface area contributed by atoms with Crippen LogP contribution >= 0.6 is 24.8 Å². The van der Waals surface area contributed by atoms with E-state index in [1.807, 2.05) is 18.2 Å². The molecule has 0 spiro atoms. The van der Waals surface area contributed by atoms with Gasteiger partial charge in [0.05, 0.1) is 5.76 Å². The first-order chi connectivity index (χ1) is 13.8. The minimum absolute atomic E-state index is 0.0297.